The molecule has 14 heavy (non-hydrogen) atoms. The van der Waals surface area contributed by atoms with Crippen molar-refractivity contribution in [1.29, 1.82) is 0 Å². The summed E-state index contributed by atoms with van der Waals surface area (Å²) in [6, 6.07) is 0.261. The third-order valence-corrected chi connectivity index (χ3v) is 3.40. The van der Waals surface area contributed by atoms with E-state index >= 15 is 0 Å². The summed E-state index contributed by atoms with van der Waals surface area (Å²) in [5.41, 5.74) is 6.15. The molecule has 1 saturated carbocycles. The van der Waals surface area contributed by atoms with Gasteiger partial charge >= 0.3 is 0 Å². The molecule has 0 aromatic heterocycles. The first-order valence-corrected chi connectivity index (χ1v) is 5.89. The SMILES string of the molecule is CCN1CCOC(C(N)CC2CC2)C1. The standard InChI is InChI=1S/C11H22N2O/c1-2-13-5-6-14-11(8-13)10(12)7-9-3-4-9/h9-11H,2-8,12H2,1H3. The van der Waals surface area contributed by atoms with Crippen LogP contribution in [0, 0.1) is 5.92 Å². The lowest BCUT2D eigenvalue weighted by atomic mass is 10.0. The summed E-state index contributed by atoms with van der Waals surface area (Å²) in [4.78, 5) is 2.43. The lowest BCUT2D eigenvalue weighted by Crippen LogP contribution is -2.50. The Morgan fingerprint density at radius 3 is 2.93 bits per heavy atom. The van der Waals surface area contributed by atoms with Crippen LogP contribution < -0.4 is 5.73 Å². The molecule has 0 amide bonds. The Bertz CT molecular complexity index is 182. The Labute approximate surface area is 86.6 Å². The zero-order valence-corrected chi connectivity index (χ0v) is 9.11. The Balaban J connectivity index is 1.76. The van der Waals surface area contributed by atoms with Gasteiger partial charge in [-0.25, -0.2) is 0 Å². The molecule has 0 aromatic carbocycles. The van der Waals surface area contributed by atoms with Crippen LogP contribution in [-0.4, -0.2) is 43.3 Å². The highest BCUT2D eigenvalue weighted by atomic mass is 16.5. The number of nitrogens with two attached hydrogens (primary N) is 1. The molecule has 0 aromatic rings. The quantitative estimate of drug-likeness (QED) is 0.727. The fourth-order valence-corrected chi connectivity index (χ4v) is 2.17. The van der Waals surface area contributed by atoms with Gasteiger partial charge in [-0.05, 0) is 18.9 Å². The van der Waals surface area contributed by atoms with E-state index in [1.54, 1.807) is 0 Å². The summed E-state index contributed by atoms with van der Waals surface area (Å²) in [5, 5.41) is 0. The molecule has 2 N–H and O–H groups in total. The third-order valence-electron chi connectivity index (χ3n) is 3.40. The predicted molar refractivity (Wildman–Crippen MR) is 57.2 cm³/mol. The van der Waals surface area contributed by atoms with Crippen molar-refractivity contribution in [2.45, 2.75) is 38.3 Å². The van der Waals surface area contributed by atoms with E-state index in [0.717, 1.165) is 32.2 Å². The molecule has 2 aliphatic rings. The van der Waals surface area contributed by atoms with Crippen LogP contribution in [0.15, 0.2) is 0 Å². The molecule has 0 bridgehead atoms. The molecule has 2 fully saturated rings. The molecule has 0 radical (unpaired) electrons. The van der Waals surface area contributed by atoms with Crippen molar-refractivity contribution in [3.63, 3.8) is 0 Å². The number of rotatable bonds is 4. The van der Waals surface area contributed by atoms with Gasteiger partial charge in [-0.2, -0.15) is 0 Å². The second-order valence-electron chi connectivity index (χ2n) is 4.65. The van der Waals surface area contributed by atoms with E-state index in [1.807, 2.05) is 0 Å². The molecule has 2 unspecified atom stereocenters. The molecule has 1 heterocycles. The van der Waals surface area contributed by atoms with Gasteiger partial charge in [0.1, 0.15) is 0 Å². The van der Waals surface area contributed by atoms with Gasteiger partial charge in [-0.15, -0.1) is 0 Å². The first kappa shape index (κ1) is 10.4. The van der Waals surface area contributed by atoms with Crippen molar-refractivity contribution in [2.24, 2.45) is 11.7 Å². The number of hydrogen-bond donors (Lipinski definition) is 1. The fourth-order valence-electron chi connectivity index (χ4n) is 2.17. The van der Waals surface area contributed by atoms with Gasteiger partial charge in [0, 0.05) is 19.1 Å². The minimum absolute atomic E-state index is 0.261. The number of likely N-dealkylation sites (N-methyl/N-ethyl adjacent to an activating group) is 1. The average molecular weight is 198 g/mol. The second kappa shape index (κ2) is 4.60. The molecule has 1 aliphatic carbocycles. The monoisotopic (exact) mass is 198 g/mol. The van der Waals surface area contributed by atoms with Crippen molar-refractivity contribution in [3.8, 4) is 0 Å². The molecule has 1 aliphatic heterocycles. The minimum atomic E-state index is 0.261. The molecule has 3 heteroatoms. The summed E-state index contributed by atoms with van der Waals surface area (Å²) in [6.45, 7) is 6.29. The average Bonchev–Trinajstić information content (AvgIpc) is 3.02. The molecule has 2 rings (SSSR count). The number of ether oxygens (including phenoxy) is 1. The largest absolute Gasteiger partial charge is 0.374 e. The Hall–Kier alpha value is -0.120. The first-order valence-electron chi connectivity index (χ1n) is 5.89. The van der Waals surface area contributed by atoms with Crippen LogP contribution in [0.1, 0.15) is 26.2 Å². The van der Waals surface area contributed by atoms with Gasteiger partial charge in [-0.3, -0.25) is 4.90 Å². The molecule has 82 valence electrons. The maximum absolute atomic E-state index is 6.15. The minimum Gasteiger partial charge on any atom is -0.374 e. The van der Waals surface area contributed by atoms with Crippen LogP contribution in [0.25, 0.3) is 0 Å². The Morgan fingerprint density at radius 2 is 2.29 bits per heavy atom. The zero-order chi connectivity index (χ0) is 9.97. The van der Waals surface area contributed by atoms with Crippen molar-refractivity contribution in [3.05, 3.63) is 0 Å². The van der Waals surface area contributed by atoms with E-state index in [-0.39, 0.29) is 12.1 Å². The summed E-state index contributed by atoms with van der Waals surface area (Å²) in [5.74, 6) is 0.908. The lowest BCUT2D eigenvalue weighted by molar-refractivity contribution is -0.0405. The van der Waals surface area contributed by atoms with Crippen molar-refractivity contribution >= 4 is 0 Å². The van der Waals surface area contributed by atoms with Crippen molar-refractivity contribution in [2.75, 3.05) is 26.2 Å². The number of morpholine rings is 1. The van der Waals surface area contributed by atoms with Crippen molar-refractivity contribution < 1.29 is 4.74 Å². The molecular formula is C11H22N2O. The second-order valence-corrected chi connectivity index (χ2v) is 4.65. The molecule has 3 nitrogen and oxygen atoms in total. The van der Waals surface area contributed by atoms with E-state index in [1.165, 1.54) is 19.3 Å². The van der Waals surface area contributed by atoms with E-state index in [0.29, 0.717) is 0 Å². The topological polar surface area (TPSA) is 38.5 Å². The normalized spacial score (nSPS) is 31.7. The first-order chi connectivity index (χ1) is 6.79. The van der Waals surface area contributed by atoms with E-state index in [2.05, 4.69) is 11.8 Å². The van der Waals surface area contributed by atoms with Crippen LogP contribution in [0.5, 0.6) is 0 Å². The van der Waals surface area contributed by atoms with Crippen LogP contribution in [0.3, 0.4) is 0 Å². The summed E-state index contributed by atoms with van der Waals surface area (Å²) >= 11 is 0. The van der Waals surface area contributed by atoms with Gasteiger partial charge in [0.05, 0.1) is 12.7 Å². The maximum Gasteiger partial charge on any atom is 0.0853 e. The lowest BCUT2D eigenvalue weighted by Gasteiger charge is -2.35. The Kier molecular flexibility index (Phi) is 3.42. The highest BCUT2D eigenvalue weighted by Gasteiger charge is 2.30. The highest BCUT2D eigenvalue weighted by Crippen LogP contribution is 2.34. The smallest absolute Gasteiger partial charge is 0.0853 e. The van der Waals surface area contributed by atoms with Gasteiger partial charge in [0.15, 0.2) is 0 Å². The van der Waals surface area contributed by atoms with Crippen LogP contribution in [0.4, 0.5) is 0 Å². The van der Waals surface area contributed by atoms with E-state index in [9.17, 15) is 0 Å². The maximum atomic E-state index is 6.15. The molecule has 1 saturated heterocycles. The van der Waals surface area contributed by atoms with Crippen LogP contribution in [-0.2, 0) is 4.74 Å². The predicted octanol–water partition coefficient (Wildman–Crippen LogP) is 0.834. The van der Waals surface area contributed by atoms with Gasteiger partial charge in [-0.1, -0.05) is 19.8 Å². The Morgan fingerprint density at radius 1 is 1.50 bits per heavy atom. The summed E-state index contributed by atoms with van der Waals surface area (Å²) in [6.07, 6.45) is 4.22. The van der Waals surface area contributed by atoms with Gasteiger partial charge < -0.3 is 10.5 Å². The molecule has 0 spiro atoms. The third kappa shape index (κ3) is 2.69. The number of nitrogens with zero attached hydrogens (tertiary/aromatic N) is 1. The highest BCUT2D eigenvalue weighted by molar-refractivity contribution is 4.86. The fraction of sp³-hybridized carbons (Fsp3) is 1.00. The zero-order valence-electron chi connectivity index (χ0n) is 9.11. The van der Waals surface area contributed by atoms with Crippen LogP contribution in [0.2, 0.25) is 0 Å². The van der Waals surface area contributed by atoms with E-state index < -0.39 is 0 Å². The van der Waals surface area contributed by atoms with Crippen LogP contribution >= 0.6 is 0 Å². The summed E-state index contributed by atoms with van der Waals surface area (Å²) in [7, 11) is 0. The van der Waals surface area contributed by atoms with Gasteiger partial charge in [0.25, 0.3) is 0 Å². The van der Waals surface area contributed by atoms with E-state index in [4.69, 9.17) is 10.5 Å². The number of hydrogen-bond acceptors (Lipinski definition) is 3. The van der Waals surface area contributed by atoms with Crippen molar-refractivity contribution in [1.82, 2.24) is 4.90 Å². The molecular weight excluding hydrogens is 176 g/mol. The molecule has 2 atom stereocenters. The van der Waals surface area contributed by atoms with Gasteiger partial charge in [0.2, 0.25) is 0 Å². The summed E-state index contributed by atoms with van der Waals surface area (Å²) < 4.78 is 5.73.